The number of ether oxygens (including phenoxy) is 2. The van der Waals surface area contributed by atoms with Crippen LogP contribution in [0.4, 0.5) is 5.95 Å². The van der Waals surface area contributed by atoms with Gasteiger partial charge in [-0.25, -0.2) is 0 Å². The van der Waals surface area contributed by atoms with Crippen LogP contribution in [0.5, 0.6) is 12.0 Å². The summed E-state index contributed by atoms with van der Waals surface area (Å²) < 4.78 is 10.1. The van der Waals surface area contributed by atoms with E-state index in [0.717, 1.165) is 5.56 Å². The minimum atomic E-state index is -0.528. The number of hydrogen-bond acceptors (Lipinski definition) is 6. The van der Waals surface area contributed by atoms with Crippen molar-refractivity contribution in [1.82, 2.24) is 15.0 Å². The lowest BCUT2D eigenvalue weighted by Crippen LogP contribution is -2.34. The summed E-state index contributed by atoms with van der Waals surface area (Å²) in [5, 5.41) is 3.22. The molecule has 0 aliphatic carbocycles. The molecule has 21 heavy (non-hydrogen) atoms. The molecule has 2 rings (SSSR count). The lowest BCUT2D eigenvalue weighted by molar-refractivity contribution is 0.340. The van der Waals surface area contributed by atoms with Gasteiger partial charge in [0.1, 0.15) is 0 Å². The average Bonchev–Trinajstić information content (AvgIpc) is 2.55. The van der Waals surface area contributed by atoms with Gasteiger partial charge in [-0.15, -0.1) is 16.6 Å². The van der Waals surface area contributed by atoms with Gasteiger partial charge in [0.15, 0.2) is 0 Å². The second-order valence-electron chi connectivity index (χ2n) is 4.59. The maximum Gasteiger partial charge on any atom is 0.324 e. The molecule has 1 aromatic carbocycles. The van der Waals surface area contributed by atoms with Crippen LogP contribution in [0, 0.1) is 0 Å². The summed E-state index contributed by atoms with van der Waals surface area (Å²) >= 11 is 6.14. The molecule has 0 amide bonds. The fourth-order valence-electron chi connectivity index (χ4n) is 1.81. The number of benzene rings is 1. The van der Waals surface area contributed by atoms with Gasteiger partial charge < -0.3 is 14.8 Å². The van der Waals surface area contributed by atoms with Crippen molar-refractivity contribution in [2.24, 2.45) is 0 Å². The summed E-state index contributed by atoms with van der Waals surface area (Å²) in [4.78, 5) is 12.3. The lowest BCUT2D eigenvalue weighted by Gasteiger charge is -2.29. The van der Waals surface area contributed by atoms with E-state index in [0.29, 0.717) is 11.8 Å². The Hall–Kier alpha value is -2.08. The van der Waals surface area contributed by atoms with Gasteiger partial charge in [0, 0.05) is 5.88 Å². The average molecular weight is 309 g/mol. The quantitative estimate of drug-likeness (QED) is 0.827. The molecule has 1 aromatic heterocycles. The second kappa shape index (κ2) is 6.58. The molecule has 1 unspecified atom stereocenters. The van der Waals surface area contributed by atoms with Gasteiger partial charge in [-0.2, -0.15) is 9.97 Å². The van der Waals surface area contributed by atoms with Gasteiger partial charge in [-0.05, 0) is 12.5 Å². The van der Waals surface area contributed by atoms with Crippen molar-refractivity contribution >= 4 is 17.5 Å². The summed E-state index contributed by atoms with van der Waals surface area (Å²) in [7, 11) is 2.97. The van der Waals surface area contributed by atoms with Crippen molar-refractivity contribution < 1.29 is 9.47 Å². The first kappa shape index (κ1) is 15.3. The Bertz CT molecular complexity index is 575. The molecule has 6 nitrogen and oxygen atoms in total. The molecule has 112 valence electrons. The normalized spacial score (nSPS) is 13.3. The number of nitrogens with zero attached hydrogens (tertiary/aromatic N) is 3. The largest absolute Gasteiger partial charge is 0.467 e. The minimum absolute atomic E-state index is 0.175. The number of aromatic nitrogens is 3. The zero-order valence-electron chi connectivity index (χ0n) is 12.1. The smallest absolute Gasteiger partial charge is 0.324 e. The van der Waals surface area contributed by atoms with E-state index in [9.17, 15) is 0 Å². The summed E-state index contributed by atoms with van der Waals surface area (Å²) in [5.41, 5.74) is 0.499. The van der Waals surface area contributed by atoms with Crippen LogP contribution in [0.3, 0.4) is 0 Å². The van der Waals surface area contributed by atoms with E-state index in [4.69, 9.17) is 21.1 Å². The molecular formula is C14H17ClN4O2. The van der Waals surface area contributed by atoms with Crippen LogP contribution in [0.1, 0.15) is 12.5 Å². The van der Waals surface area contributed by atoms with Crippen molar-refractivity contribution in [3.63, 3.8) is 0 Å². The number of alkyl halides is 1. The maximum absolute atomic E-state index is 6.14. The number of hydrogen-bond donors (Lipinski definition) is 1. The highest BCUT2D eigenvalue weighted by atomic mass is 35.5. The highest BCUT2D eigenvalue weighted by Crippen LogP contribution is 2.27. The lowest BCUT2D eigenvalue weighted by atomic mass is 9.94. The van der Waals surface area contributed by atoms with E-state index in [-0.39, 0.29) is 12.0 Å². The summed E-state index contributed by atoms with van der Waals surface area (Å²) in [5.74, 6) is 0.679. The van der Waals surface area contributed by atoms with Crippen molar-refractivity contribution in [3.05, 3.63) is 35.9 Å². The van der Waals surface area contributed by atoms with Crippen molar-refractivity contribution in [2.45, 2.75) is 12.5 Å². The monoisotopic (exact) mass is 308 g/mol. The maximum atomic E-state index is 6.14. The number of methoxy groups -OCH3 is 2. The number of anilines is 1. The summed E-state index contributed by atoms with van der Waals surface area (Å²) in [6.07, 6.45) is 0. The summed E-state index contributed by atoms with van der Waals surface area (Å²) in [6.45, 7) is 1.97. The number of halogens is 1. The molecule has 0 spiro atoms. The Morgan fingerprint density at radius 1 is 1.05 bits per heavy atom. The van der Waals surface area contributed by atoms with Gasteiger partial charge in [0.05, 0.1) is 19.8 Å². The standard InChI is InChI=1S/C14H17ClN4O2/c1-14(9-15,10-7-5-4-6-8-10)19-11-16-12(20-2)18-13(17-11)21-3/h4-8H,9H2,1-3H3,(H,16,17,18,19). The van der Waals surface area contributed by atoms with Crippen LogP contribution < -0.4 is 14.8 Å². The Balaban J connectivity index is 2.34. The van der Waals surface area contributed by atoms with Crippen molar-refractivity contribution in [1.29, 1.82) is 0 Å². The second-order valence-corrected chi connectivity index (χ2v) is 4.86. The van der Waals surface area contributed by atoms with Crippen molar-refractivity contribution in [3.8, 4) is 12.0 Å². The first-order valence-corrected chi connectivity index (χ1v) is 6.88. The predicted molar refractivity (Wildman–Crippen MR) is 81.1 cm³/mol. The molecule has 7 heteroatoms. The topological polar surface area (TPSA) is 69.2 Å². The molecule has 2 aromatic rings. The molecule has 0 aliphatic rings. The van der Waals surface area contributed by atoms with E-state index in [1.54, 1.807) is 0 Å². The molecule has 0 saturated heterocycles. The predicted octanol–water partition coefficient (Wildman–Crippen LogP) is 2.45. The molecule has 0 bridgehead atoms. The van der Waals surface area contributed by atoms with Gasteiger partial charge in [-0.3, -0.25) is 0 Å². The SMILES string of the molecule is COc1nc(NC(C)(CCl)c2ccccc2)nc(OC)n1. The van der Waals surface area contributed by atoms with E-state index in [2.05, 4.69) is 20.3 Å². The minimum Gasteiger partial charge on any atom is -0.467 e. The van der Waals surface area contributed by atoms with Crippen LogP contribution >= 0.6 is 11.6 Å². The van der Waals surface area contributed by atoms with Crippen LogP contribution in [0.25, 0.3) is 0 Å². The fraction of sp³-hybridized carbons (Fsp3) is 0.357. The van der Waals surface area contributed by atoms with Crippen LogP contribution in [-0.4, -0.2) is 35.1 Å². The molecule has 1 atom stereocenters. The summed E-state index contributed by atoms with van der Waals surface area (Å²) in [6, 6.07) is 10.2. The molecule has 1 heterocycles. The molecule has 0 radical (unpaired) electrons. The van der Waals surface area contributed by atoms with E-state index in [1.165, 1.54) is 14.2 Å². The van der Waals surface area contributed by atoms with Gasteiger partial charge in [-0.1, -0.05) is 30.3 Å². The van der Waals surface area contributed by atoms with Crippen LogP contribution in [0.2, 0.25) is 0 Å². The van der Waals surface area contributed by atoms with Gasteiger partial charge in [0.2, 0.25) is 5.95 Å². The molecule has 0 fully saturated rings. The first-order chi connectivity index (χ1) is 10.1. The van der Waals surface area contributed by atoms with Crippen LogP contribution in [-0.2, 0) is 5.54 Å². The highest BCUT2D eigenvalue weighted by molar-refractivity contribution is 6.18. The number of rotatable bonds is 6. The van der Waals surface area contributed by atoms with Crippen LogP contribution in [0.15, 0.2) is 30.3 Å². The number of nitrogens with one attached hydrogen (secondary N) is 1. The molecule has 1 N–H and O–H groups in total. The molecular weight excluding hydrogens is 292 g/mol. The molecule has 0 saturated carbocycles. The van der Waals surface area contributed by atoms with Gasteiger partial charge >= 0.3 is 12.0 Å². The Morgan fingerprint density at radius 2 is 1.62 bits per heavy atom. The van der Waals surface area contributed by atoms with E-state index < -0.39 is 5.54 Å². The van der Waals surface area contributed by atoms with E-state index in [1.807, 2.05) is 37.3 Å². The Morgan fingerprint density at radius 3 is 2.10 bits per heavy atom. The van der Waals surface area contributed by atoms with Gasteiger partial charge in [0.25, 0.3) is 0 Å². The zero-order valence-corrected chi connectivity index (χ0v) is 12.9. The zero-order chi connectivity index (χ0) is 15.3. The Kier molecular flexibility index (Phi) is 4.80. The third kappa shape index (κ3) is 3.52. The van der Waals surface area contributed by atoms with Crippen molar-refractivity contribution in [2.75, 3.05) is 25.4 Å². The van der Waals surface area contributed by atoms with E-state index >= 15 is 0 Å². The Labute approximate surface area is 128 Å². The first-order valence-electron chi connectivity index (χ1n) is 6.35. The third-order valence-corrected chi connectivity index (χ3v) is 3.56. The third-order valence-electron chi connectivity index (χ3n) is 3.03. The fourth-order valence-corrected chi connectivity index (χ4v) is 2.03. The highest BCUT2D eigenvalue weighted by Gasteiger charge is 2.27. The molecule has 0 aliphatic heterocycles.